The van der Waals surface area contributed by atoms with Crippen molar-refractivity contribution in [1.82, 2.24) is 21.3 Å². The number of urea groups is 1. The minimum atomic E-state index is -1.46. The second-order valence-electron chi connectivity index (χ2n) is 7.69. The highest BCUT2D eigenvalue weighted by atomic mass is 16.4. The molecule has 4 amide bonds. The lowest BCUT2D eigenvalue weighted by molar-refractivity contribution is -0.141. The molecule has 13 heteroatoms. The molecule has 0 aliphatic carbocycles. The van der Waals surface area contributed by atoms with Gasteiger partial charge >= 0.3 is 23.9 Å². The minimum Gasteiger partial charge on any atom is -0.481 e. The summed E-state index contributed by atoms with van der Waals surface area (Å²) in [5, 5.41) is 36.7. The Morgan fingerprint density at radius 3 is 1.71 bits per heavy atom. The Balaban J connectivity index is 4.11. The fraction of sp³-hybridized carbons (Fsp3) is 0.714. The zero-order chi connectivity index (χ0) is 25.9. The maximum Gasteiger partial charge on any atom is 0.326 e. The molecule has 7 N–H and O–H groups in total. The summed E-state index contributed by atoms with van der Waals surface area (Å²) >= 11 is 0. The molecule has 0 rings (SSSR count). The maximum atomic E-state index is 11.9. The first-order valence-corrected chi connectivity index (χ1v) is 11.3. The number of hydrogen-bond donors (Lipinski definition) is 7. The summed E-state index contributed by atoms with van der Waals surface area (Å²) in [6.45, 7) is 2.71. The van der Waals surface area contributed by atoms with Gasteiger partial charge in [-0.1, -0.05) is 13.3 Å². The summed E-state index contributed by atoms with van der Waals surface area (Å²) in [6.07, 6.45) is 3.22. The van der Waals surface area contributed by atoms with Crippen LogP contribution in [0.2, 0.25) is 0 Å². The first-order chi connectivity index (χ1) is 16.1. The van der Waals surface area contributed by atoms with Gasteiger partial charge in [0, 0.05) is 32.4 Å². The van der Waals surface area contributed by atoms with Gasteiger partial charge in [0.05, 0.1) is 0 Å². The van der Waals surface area contributed by atoms with E-state index in [1.165, 1.54) is 0 Å². The van der Waals surface area contributed by atoms with Gasteiger partial charge in [0.2, 0.25) is 11.8 Å². The molecule has 0 saturated heterocycles. The van der Waals surface area contributed by atoms with Crippen molar-refractivity contribution >= 4 is 35.8 Å². The van der Waals surface area contributed by atoms with Crippen LogP contribution >= 0.6 is 0 Å². The van der Waals surface area contributed by atoms with Gasteiger partial charge in [-0.25, -0.2) is 14.4 Å². The molecule has 0 aromatic heterocycles. The summed E-state index contributed by atoms with van der Waals surface area (Å²) in [7, 11) is 0. The zero-order valence-electron chi connectivity index (χ0n) is 19.4. The Labute approximate surface area is 198 Å². The quantitative estimate of drug-likeness (QED) is 0.125. The second kappa shape index (κ2) is 18.1. The van der Waals surface area contributed by atoms with E-state index in [0.717, 1.165) is 12.8 Å². The standard InChI is InChI=1S/C21H36N4O9/c1-2-16(26)22-12-6-3-4-9-17(27)23-13-7-5-8-14(19(30)31)24-21(34)25-15(20(32)33)10-11-18(28)29/h14-15H,2-13H2,1H3,(H,22,26)(H,23,27)(H,28,29)(H,30,31)(H,32,33)(H2,24,25,34)/t14-,15-/m0/s1. The lowest BCUT2D eigenvalue weighted by atomic mass is 10.1. The molecular formula is C21H36N4O9. The molecule has 0 spiro atoms. The van der Waals surface area contributed by atoms with Crippen LogP contribution in [0.1, 0.15) is 71.1 Å². The highest BCUT2D eigenvalue weighted by Gasteiger charge is 2.24. The first kappa shape index (κ1) is 30.6. The zero-order valence-corrected chi connectivity index (χ0v) is 19.4. The Morgan fingerprint density at radius 1 is 0.647 bits per heavy atom. The van der Waals surface area contributed by atoms with Crippen LogP contribution in [0.25, 0.3) is 0 Å². The molecule has 194 valence electrons. The predicted octanol–water partition coefficient (Wildman–Crippen LogP) is 0.430. The molecule has 0 saturated carbocycles. The number of unbranched alkanes of at least 4 members (excludes halogenated alkanes) is 3. The van der Waals surface area contributed by atoms with E-state index in [4.69, 9.17) is 10.2 Å². The molecule has 0 bridgehead atoms. The van der Waals surface area contributed by atoms with Crippen LogP contribution in [0, 0.1) is 0 Å². The van der Waals surface area contributed by atoms with Crippen LogP contribution in [0.3, 0.4) is 0 Å². The fourth-order valence-electron chi connectivity index (χ4n) is 2.87. The average Bonchev–Trinajstić information content (AvgIpc) is 2.77. The smallest absolute Gasteiger partial charge is 0.326 e. The number of aliphatic carboxylic acids is 3. The topological polar surface area (TPSA) is 211 Å². The SMILES string of the molecule is CCC(=O)NCCCCCC(=O)NCCCC[C@H](NC(=O)N[C@@H](CCC(=O)O)C(=O)O)C(=O)O. The Kier molecular flexibility index (Phi) is 16.3. The lowest BCUT2D eigenvalue weighted by Crippen LogP contribution is -2.51. The predicted molar refractivity (Wildman–Crippen MR) is 120 cm³/mol. The van der Waals surface area contributed by atoms with Crippen LogP contribution in [0.15, 0.2) is 0 Å². The number of rotatable bonds is 19. The average molecular weight is 489 g/mol. The second-order valence-corrected chi connectivity index (χ2v) is 7.69. The normalized spacial score (nSPS) is 12.1. The third-order valence-electron chi connectivity index (χ3n) is 4.82. The van der Waals surface area contributed by atoms with E-state index < -0.39 is 42.4 Å². The van der Waals surface area contributed by atoms with Crippen molar-refractivity contribution in [2.75, 3.05) is 13.1 Å². The van der Waals surface area contributed by atoms with E-state index in [1.807, 2.05) is 0 Å². The molecule has 0 aromatic rings. The molecular weight excluding hydrogens is 452 g/mol. The van der Waals surface area contributed by atoms with Crippen LogP contribution in [0.5, 0.6) is 0 Å². The summed E-state index contributed by atoms with van der Waals surface area (Å²) in [6, 6.07) is -3.75. The first-order valence-electron chi connectivity index (χ1n) is 11.3. The Hall–Kier alpha value is -3.38. The monoisotopic (exact) mass is 488 g/mol. The van der Waals surface area contributed by atoms with Crippen LogP contribution < -0.4 is 21.3 Å². The number of amides is 4. The molecule has 0 aliphatic rings. The number of nitrogens with one attached hydrogen (secondary N) is 4. The van der Waals surface area contributed by atoms with E-state index in [2.05, 4.69) is 21.3 Å². The van der Waals surface area contributed by atoms with Gasteiger partial charge in [0.1, 0.15) is 12.1 Å². The van der Waals surface area contributed by atoms with E-state index in [9.17, 15) is 33.9 Å². The minimum absolute atomic E-state index is 0.00101. The summed E-state index contributed by atoms with van der Waals surface area (Å²) in [5.74, 6) is -4.07. The molecule has 0 heterocycles. The van der Waals surface area contributed by atoms with Gasteiger partial charge in [-0.15, -0.1) is 0 Å². The molecule has 0 unspecified atom stereocenters. The van der Waals surface area contributed by atoms with E-state index in [-0.39, 0.29) is 24.7 Å². The van der Waals surface area contributed by atoms with E-state index >= 15 is 0 Å². The van der Waals surface area contributed by atoms with Crippen molar-refractivity contribution in [3.63, 3.8) is 0 Å². The van der Waals surface area contributed by atoms with Crippen LogP contribution in [-0.2, 0) is 24.0 Å². The lowest BCUT2D eigenvalue weighted by Gasteiger charge is -2.18. The van der Waals surface area contributed by atoms with Gasteiger partial charge in [-0.2, -0.15) is 0 Å². The number of hydrogen-bond acceptors (Lipinski definition) is 6. The van der Waals surface area contributed by atoms with E-state index in [0.29, 0.717) is 45.2 Å². The molecule has 0 radical (unpaired) electrons. The van der Waals surface area contributed by atoms with Crippen LogP contribution in [0.4, 0.5) is 4.79 Å². The maximum absolute atomic E-state index is 11.9. The van der Waals surface area contributed by atoms with Crippen molar-refractivity contribution in [3.8, 4) is 0 Å². The molecule has 2 atom stereocenters. The third-order valence-corrected chi connectivity index (χ3v) is 4.82. The van der Waals surface area contributed by atoms with Crippen molar-refractivity contribution in [1.29, 1.82) is 0 Å². The van der Waals surface area contributed by atoms with Gasteiger partial charge in [-0.3, -0.25) is 14.4 Å². The summed E-state index contributed by atoms with van der Waals surface area (Å²) < 4.78 is 0. The van der Waals surface area contributed by atoms with E-state index in [1.54, 1.807) is 6.92 Å². The van der Waals surface area contributed by atoms with Crippen molar-refractivity contribution in [3.05, 3.63) is 0 Å². The van der Waals surface area contributed by atoms with Crippen molar-refractivity contribution in [2.24, 2.45) is 0 Å². The van der Waals surface area contributed by atoms with Gasteiger partial charge in [0.15, 0.2) is 0 Å². The highest BCUT2D eigenvalue weighted by molar-refractivity contribution is 5.86. The fourth-order valence-corrected chi connectivity index (χ4v) is 2.87. The molecule has 0 aliphatic heterocycles. The summed E-state index contributed by atoms with van der Waals surface area (Å²) in [5.41, 5.74) is 0. The number of carboxylic acid groups (broad SMARTS) is 3. The third kappa shape index (κ3) is 16.3. The molecule has 0 fully saturated rings. The summed E-state index contributed by atoms with van der Waals surface area (Å²) in [4.78, 5) is 67.9. The Bertz CT molecular complexity index is 700. The molecule has 34 heavy (non-hydrogen) atoms. The number of carbonyl (C=O) groups excluding carboxylic acids is 3. The van der Waals surface area contributed by atoms with Gasteiger partial charge in [0.25, 0.3) is 0 Å². The largest absolute Gasteiger partial charge is 0.481 e. The van der Waals surface area contributed by atoms with Crippen molar-refractivity contribution in [2.45, 2.75) is 83.2 Å². The van der Waals surface area contributed by atoms with Crippen LogP contribution in [-0.4, -0.2) is 76.2 Å². The highest BCUT2D eigenvalue weighted by Crippen LogP contribution is 2.04. The van der Waals surface area contributed by atoms with Gasteiger partial charge in [-0.05, 0) is 38.5 Å². The number of carboxylic acids is 3. The molecule has 13 nitrogen and oxygen atoms in total. The number of carbonyl (C=O) groups is 6. The Morgan fingerprint density at radius 2 is 1.18 bits per heavy atom. The molecule has 0 aromatic carbocycles. The van der Waals surface area contributed by atoms with Crippen molar-refractivity contribution < 1.29 is 44.1 Å². The van der Waals surface area contributed by atoms with Gasteiger partial charge < -0.3 is 36.6 Å².